The fourth-order valence-electron chi connectivity index (χ4n) is 4.85. The van der Waals surface area contributed by atoms with Gasteiger partial charge in [-0.25, -0.2) is 9.97 Å². The molecular weight excluding hydrogens is 438 g/mol. The molecule has 3 aromatic rings. The molecular formula is C25H34ClN5O2. The lowest BCUT2D eigenvalue weighted by Gasteiger charge is -2.19. The van der Waals surface area contributed by atoms with E-state index >= 15 is 0 Å². The monoisotopic (exact) mass is 471 g/mol. The number of aliphatic hydroxyl groups excluding tert-OH is 2. The lowest BCUT2D eigenvalue weighted by Crippen LogP contribution is -2.34. The summed E-state index contributed by atoms with van der Waals surface area (Å²) in [6, 6.07) is 10.3. The van der Waals surface area contributed by atoms with E-state index in [2.05, 4.69) is 51.8 Å². The summed E-state index contributed by atoms with van der Waals surface area (Å²) in [4.78, 5) is 8.53. The third-order valence-electron chi connectivity index (χ3n) is 6.70. The summed E-state index contributed by atoms with van der Waals surface area (Å²) in [5.74, 6) is -0.0177. The predicted molar refractivity (Wildman–Crippen MR) is 132 cm³/mol. The summed E-state index contributed by atoms with van der Waals surface area (Å²) in [5.41, 5.74) is 3.12. The molecule has 2 aromatic heterocycles. The minimum atomic E-state index is -0.842. The smallest absolute Gasteiger partial charge is 0.145 e. The van der Waals surface area contributed by atoms with Crippen LogP contribution in [0.15, 0.2) is 42.9 Å². The zero-order valence-electron chi connectivity index (χ0n) is 19.1. The molecule has 4 N–H and O–H groups in total. The van der Waals surface area contributed by atoms with Gasteiger partial charge in [0.2, 0.25) is 0 Å². The van der Waals surface area contributed by atoms with Gasteiger partial charge in [-0.1, -0.05) is 48.9 Å². The number of halogens is 1. The lowest BCUT2D eigenvalue weighted by molar-refractivity contribution is 0.00692. The van der Waals surface area contributed by atoms with Crippen molar-refractivity contribution < 1.29 is 10.2 Å². The first-order valence-electron chi connectivity index (χ1n) is 11.9. The number of aliphatic hydroxyl groups is 2. The minimum Gasteiger partial charge on any atom is -0.390 e. The minimum absolute atomic E-state index is 0.0177. The van der Waals surface area contributed by atoms with E-state index in [0.717, 1.165) is 55.5 Å². The Morgan fingerprint density at radius 2 is 1.85 bits per heavy atom. The van der Waals surface area contributed by atoms with Crippen LogP contribution in [-0.2, 0) is 12.8 Å². The molecule has 178 valence electrons. The molecule has 0 spiro atoms. The van der Waals surface area contributed by atoms with Crippen LogP contribution in [0.5, 0.6) is 0 Å². The molecule has 4 atom stereocenters. The molecule has 0 unspecified atom stereocenters. The molecule has 0 saturated heterocycles. The molecule has 0 amide bonds. The summed E-state index contributed by atoms with van der Waals surface area (Å²) >= 11 is 6.32. The van der Waals surface area contributed by atoms with Crippen LogP contribution in [0, 0.1) is 5.92 Å². The van der Waals surface area contributed by atoms with E-state index in [1.165, 1.54) is 11.9 Å². The molecule has 33 heavy (non-hydrogen) atoms. The van der Waals surface area contributed by atoms with Crippen LogP contribution in [0.1, 0.15) is 36.9 Å². The van der Waals surface area contributed by atoms with Gasteiger partial charge >= 0.3 is 0 Å². The fourth-order valence-corrected chi connectivity index (χ4v) is 5.10. The van der Waals surface area contributed by atoms with E-state index in [4.69, 9.17) is 11.6 Å². The van der Waals surface area contributed by atoms with Crippen LogP contribution in [0.3, 0.4) is 0 Å². The van der Waals surface area contributed by atoms with Crippen LogP contribution >= 0.6 is 11.6 Å². The first kappa shape index (κ1) is 24.1. The highest BCUT2D eigenvalue weighted by molar-refractivity contribution is 6.34. The quantitative estimate of drug-likeness (QED) is 0.254. The van der Waals surface area contributed by atoms with Crippen LogP contribution < -0.4 is 10.6 Å². The maximum atomic E-state index is 10.8. The number of nitrogens with one attached hydrogen (secondary N) is 2. The van der Waals surface area contributed by atoms with Gasteiger partial charge in [-0.15, -0.1) is 0 Å². The standard InChI is InChI=1S/C25H34ClN5O2/c1-2-18-15-31(25-21(18)24(26)29-16-30-25)20-13-19(22(32)23(20)33)14-28-11-6-10-27-12-9-17-7-4-3-5-8-17/h3-5,7-8,15-16,19-20,22-23,27-28,32-33H,2,6,9-14H2,1H3/t19-,20-,22-,23+/m1/s1. The Morgan fingerprint density at radius 3 is 2.64 bits per heavy atom. The van der Waals surface area contributed by atoms with Crippen molar-refractivity contribution in [2.75, 3.05) is 26.2 Å². The van der Waals surface area contributed by atoms with Gasteiger partial charge in [0.1, 0.15) is 23.2 Å². The van der Waals surface area contributed by atoms with Gasteiger partial charge in [-0.2, -0.15) is 0 Å². The molecule has 0 aliphatic heterocycles. The van der Waals surface area contributed by atoms with E-state index < -0.39 is 12.2 Å². The van der Waals surface area contributed by atoms with E-state index in [1.54, 1.807) is 0 Å². The van der Waals surface area contributed by atoms with Gasteiger partial charge in [0, 0.05) is 18.7 Å². The number of nitrogens with zero attached hydrogens (tertiary/aromatic N) is 3. The van der Waals surface area contributed by atoms with Gasteiger partial charge in [-0.3, -0.25) is 0 Å². The van der Waals surface area contributed by atoms with E-state index in [1.807, 2.05) is 16.8 Å². The zero-order valence-corrected chi connectivity index (χ0v) is 19.9. The molecule has 1 aliphatic carbocycles. The highest BCUT2D eigenvalue weighted by atomic mass is 35.5. The molecule has 1 saturated carbocycles. The number of hydrogen-bond donors (Lipinski definition) is 4. The average Bonchev–Trinajstić information content (AvgIpc) is 3.34. The summed E-state index contributed by atoms with van der Waals surface area (Å²) in [7, 11) is 0. The summed E-state index contributed by atoms with van der Waals surface area (Å²) in [5, 5.41) is 29.7. The molecule has 2 heterocycles. The van der Waals surface area contributed by atoms with Crippen LogP contribution in [0.25, 0.3) is 11.0 Å². The van der Waals surface area contributed by atoms with Crippen molar-refractivity contribution in [3.8, 4) is 0 Å². The third kappa shape index (κ3) is 5.55. The van der Waals surface area contributed by atoms with Gasteiger partial charge < -0.3 is 25.4 Å². The molecule has 8 heteroatoms. The number of benzene rings is 1. The van der Waals surface area contributed by atoms with Crippen molar-refractivity contribution in [1.82, 2.24) is 25.2 Å². The van der Waals surface area contributed by atoms with E-state index in [-0.39, 0.29) is 12.0 Å². The highest BCUT2D eigenvalue weighted by Gasteiger charge is 2.42. The van der Waals surface area contributed by atoms with Crippen LogP contribution in [-0.4, -0.2) is 63.1 Å². The topological polar surface area (TPSA) is 95.2 Å². The van der Waals surface area contributed by atoms with Crippen molar-refractivity contribution in [2.24, 2.45) is 5.92 Å². The van der Waals surface area contributed by atoms with Crippen molar-refractivity contribution >= 4 is 22.6 Å². The second-order valence-electron chi connectivity index (χ2n) is 8.87. The summed E-state index contributed by atoms with van der Waals surface area (Å²) in [6.45, 7) is 5.53. The third-order valence-corrected chi connectivity index (χ3v) is 6.98. The fraction of sp³-hybridized carbons (Fsp3) is 0.520. The van der Waals surface area contributed by atoms with E-state index in [9.17, 15) is 10.2 Å². The second-order valence-corrected chi connectivity index (χ2v) is 9.22. The number of aryl methyl sites for hydroxylation is 1. The Balaban J connectivity index is 1.24. The number of aromatic nitrogens is 3. The largest absolute Gasteiger partial charge is 0.390 e. The molecule has 7 nitrogen and oxygen atoms in total. The maximum Gasteiger partial charge on any atom is 0.145 e. The molecule has 4 rings (SSSR count). The van der Waals surface area contributed by atoms with Crippen molar-refractivity contribution in [2.45, 2.75) is 50.9 Å². The van der Waals surface area contributed by atoms with Gasteiger partial charge in [0.05, 0.1) is 17.5 Å². The van der Waals surface area contributed by atoms with Gasteiger partial charge in [-0.05, 0) is 56.4 Å². The number of fused-ring (bicyclic) bond motifs is 1. The van der Waals surface area contributed by atoms with E-state index in [0.29, 0.717) is 18.1 Å². The molecule has 0 radical (unpaired) electrons. The number of hydrogen-bond acceptors (Lipinski definition) is 6. The molecule has 1 aromatic carbocycles. The van der Waals surface area contributed by atoms with Gasteiger partial charge in [0.25, 0.3) is 0 Å². The van der Waals surface area contributed by atoms with Crippen molar-refractivity contribution in [1.29, 1.82) is 0 Å². The second kappa shape index (κ2) is 11.4. The van der Waals surface area contributed by atoms with Crippen molar-refractivity contribution in [3.05, 3.63) is 59.1 Å². The Labute approximate surface area is 200 Å². The predicted octanol–water partition coefficient (Wildman–Crippen LogP) is 2.74. The van der Waals surface area contributed by atoms with Gasteiger partial charge in [0.15, 0.2) is 0 Å². The molecule has 1 fully saturated rings. The van der Waals surface area contributed by atoms with Crippen molar-refractivity contribution in [3.63, 3.8) is 0 Å². The summed E-state index contributed by atoms with van der Waals surface area (Å²) in [6.07, 6.45) is 5.36. The highest BCUT2D eigenvalue weighted by Crippen LogP contribution is 2.38. The first-order valence-corrected chi connectivity index (χ1v) is 12.3. The number of rotatable bonds is 11. The Morgan fingerprint density at radius 1 is 1.06 bits per heavy atom. The Kier molecular flexibility index (Phi) is 8.33. The average molecular weight is 472 g/mol. The lowest BCUT2D eigenvalue weighted by atomic mass is 10.1. The normalized spacial score (nSPS) is 22.9. The molecule has 1 aliphatic rings. The first-order chi connectivity index (χ1) is 16.1. The molecule has 0 bridgehead atoms. The Bertz CT molecular complexity index is 1030. The Hall–Kier alpha value is -2.03. The zero-order chi connectivity index (χ0) is 23.2. The maximum absolute atomic E-state index is 10.8. The summed E-state index contributed by atoms with van der Waals surface area (Å²) < 4.78 is 1.98. The van der Waals surface area contributed by atoms with Crippen LogP contribution in [0.4, 0.5) is 0 Å². The van der Waals surface area contributed by atoms with Crippen LogP contribution in [0.2, 0.25) is 5.15 Å². The SMILES string of the molecule is CCc1cn([C@@H]2C[C@H](CNCCCNCCc3ccccc3)[C@@H](O)[C@H]2O)c2ncnc(Cl)c12.